The minimum Gasteiger partial charge on any atom is -0.374 e. The number of carbonyl (C=O) groups excluding carboxylic acids is 2. The molecule has 0 spiro atoms. The number of alkyl halides is 6. The van der Waals surface area contributed by atoms with Gasteiger partial charge in [0.15, 0.2) is 0 Å². The molecule has 5 aromatic rings. The zero-order valence-corrected chi connectivity index (χ0v) is 34.6. The second-order valence-electron chi connectivity index (χ2n) is 12.3. The highest BCUT2D eigenvalue weighted by atomic mass is 35.5. The summed E-state index contributed by atoms with van der Waals surface area (Å²) in [5.41, 5.74) is -1.59. The number of halogens is 10. The SMILES string of the molecule is CCCOCC(=Nc1ccc(Cl)cc1C(F)(F)F)n1ccnc1.CCCOCC(=Nc1ccc(Cl)cc1C(F)(F)F)n1ccnc1.O=C1C(Cl)=C(Cl)C(=O)c2ccccc21. The molecule has 2 aromatic heterocycles. The van der Waals surface area contributed by atoms with Gasteiger partial charge in [0.05, 0.1) is 22.5 Å². The molecule has 10 nitrogen and oxygen atoms in total. The Morgan fingerprint density at radius 2 is 1.02 bits per heavy atom. The summed E-state index contributed by atoms with van der Waals surface area (Å²) < 4.78 is 92.7. The molecule has 1 aliphatic carbocycles. The van der Waals surface area contributed by atoms with Crippen molar-refractivity contribution >= 4 is 81.0 Å². The molecule has 3 aromatic carbocycles. The number of benzene rings is 3. The molecular weight excluding hydrogens is 884 g/mol. The number of hydrogen-bond acceptors (Lipinski definition) is 8. The molecule has 2 heterocycles. The van der Waals surface area contributed by atoms with Gasteiger partial charge >= 0.3 is 12.4 Å². The Hall–Kier alpha value is -4.84. The van der Waals surface area contributed by atoms with Gasteiger partial charge in [-0.15, -0.1) is 0 Å². The number of aromatic nitrogens is 4. The van der Waals surface area contributed by atoms with Gasteiger partial charge in [-0.1, -0.05) is 84.5 Å². The van der Waals surface area contributed by atoms with Crippen LogP contribution in [0.15, 0.2) is 118 Å². The molecule has 318 valence electrons. The Balaban J connectivity index is 0.000000205. The van der Waals surface area contributed by atoms with E-state index in [0.717, 1.165) is 25.0 Å². The van der Waals surface area contributed by atoms with Crippen LogP contribution in [0.1, 0.15) is 58.5 Å². The number of aliphatic imine (C=N–C) groups is 2. The predicted molar refractivity (Wildman–Crippen MR) is 218 cm³/mol. The van der Waals surface area contributed by atoms with Crippen molar-refractivity contribution in [1.29, 1.82) is 0 Å². The van der Waals surface area contributed by atoms with Crippen LogP contribution in [0.2, 0.25) is 10.0 Å². The van der Waals surface area contributed by atoms with Crippen LogP contribution < -0.4 is 0 Å². The van der Waals surface area contributed by atoms with Gasteiger partial charge < -0.3 is 9.47 Å². The van der Waals surface area contributed by atoms with Crippen molar-refractivity contribution < 1.29 is 45.4 Å². The van der Waals surface area contributed by atoms with Crippen LogP contribution in [0.25, 0.3) is 0 Å². The van der Waals surface area contributed by atoms with Crippen LogP contribution in [0.5, 0.6) is 0 Å². The number of rotatable bonds is 10. The molecule has 20 heteroatoms. The number of ether oxygens (including phenoxy) is 2. The first-order chi connectivity index (χ1) is 28.5. The highest BCUT2D eigenvalue weighted by molar-refractivity contribution is 6.59. The zero-order valence-electron chi connectivity index (χ0n) is 31.6. The first kappa shape index (κ1) is 47.8. The molecule has 0 amide bonds. The lowest BCUT2D eigenvalue weighted by atomic mass is 9.95. The topological polar surface area (TPSA) is 113 Å². The second-order valence-corrected chi connectivity index (χ2v) is 13.9. The zero-order chi connectivity index (χ0) is 44.0. The van der Waals surface area contributed by atoms with Crippen molar-refractivity contribution in [2.45, 2.75) is 39.0 Å². The molecule has 1 aliphatic rings. The summed E-state index contributed by atoms with van der Waals surface area (Å²) in [7, 11) is 0. The molecule has 6 rings (SSSR count). The number of carbonyl (C=O) groups is 2. The van der Waals surface area contributed by atoms with Gasteiger partial charge in [-0.25, -0.2) is 20.0 Å². The molecule has 0 saturated carbocycles. The van der Waals surface area contributed by atoms with Crippen LogP contribution in [0.3, 0.4) is 0 Å². The molecule has 60 heavy (non-hydrogen) atoms. The van der Waals surface area contributed by atoms with E-state index in [2.05, 4.69) is 20.0 Å². The Morgan fingerprint density at radius 1 is 0.633 bits per heavy atom. The maximum absolute atomic E-state index is 13.1. The largest absolute Gasteiger partial charge is 0.418 e. The van der Waals surface area contributed by atoms with Crippen molar-refractivity contribution in [3.8, 4) is 0 Å². The number of imidazole rings is 2. The maximum Gasteiger partial charge on any atom is 0.418 e. The number of nitrogens with zero attached hydrogens (tertiary/aromatic N) is 6. The Kier molecular flexibility index (Phi) is 17.6. The lowest BCUT2D eigenvalue weighted by Gasteiger charge is -2.13. The monoisotopic (exact) mass is 916 g/mol. The molecule has 0 aliphatic heterocycles. The molecule has 0 saturated heterocycles. The normalized spacial score (nSPS) is 13.4. The van der Waals surface area contributed by atoms with E-state index in [1.54, 1.807) is 36.7 Å². The molecule has 0 bridgehead atoms. The second kappa shape index (κ2) is 22.1. The highest BCUT2D eigenvalue weighted by Gasteiger charge is 2.35. The predicted octanol–water partition coefficient (Wildman–Crippen LogP) is 11.9. The summed E-state index contributed by atoms with van der Waals surface area (Å²) >= 11 is 22.6. The average molecular weight is 919 g/mol. The minimum atomic E-state index is -4.55. The van der Waals surface area contributed by atoms with Gasteiger partial charge in [-0.3, -0.25) is 18.7 Å². The number of Topliss-reactive ketones (excluding diaryl/α,β-unsaturated/α-hetero) is 2. The third kappa shape index (κ3) is 13.3. The van der Waals surface area contributed by atoms with Crippen molar-refractivity contribution in [1.82, 2.24) is 19.1 Å². The van der Waals surface area contributed by atoms with E-state index in [-0.39, 0.29) is 44.7 Å². The molecule has 0 atom stereocenters. The van der Waals surface area contributed by atoms with E-state index in [9.17, 15) is 35.9 Å². The third-order valence-corrected chi connectivity index (χ3v) is 9.09. The van der Waals surface area contributed by atoms with E-state index in [4.69, 9.17) is 55.9 Å². The van der Waals surface area contributed by atoms with E-state index in [0.29, 0.717) is 36.0 Å². The number of hydrogen-bond donors (Lipinski definition) is 0. The van der Waals surface area contributed by atoms with E-state index in [1.165, 1.54) is 58.4 Å². The fourth-order valence-corrected chi connectivity index (χ4v) is 5.75. The van der Waals surface area contributed by atoms with E-state index in [1.807, 2.05) is 13.8 Å². The minimum absolute atomic E-state index is 0.00249. The molecular formula is C40H34Cl4F6N6O4. The Morgan fingerprint density at radius 3 is 1.33 bits per heavy atom. The maximum atomic E-state index is 13.1. The lowest BCUT2D eigenvalue weighted by Crippen LogP contribution is -2.18. The lowest BCUT2D eigenvalue weighted by molar-refractivity contribution is -0.137. The third-order valence-electron chi connectivity index (χ3n) is 7.80. The summed E-state index contributed by atoms with van der Waals surface area (Å²) in [4.78, 5) is 39.1. The number of allylic oxidation sites excluding steroid dienone is 2. The quantitative estimate of drug-likeness (QED) is 0.0597. The van der Waals surface area contributed by atoms with Crippen LogP contribution >= 0.6 is 46.4 Å². The van der Waals surface area contributed by atoms with Crippen molar-refractivity contribution in [3.05, 3.63) is 140 Å². The average Bonchev–Trinajstić information content (AvgIpc) is 3.96. The highest BCUT2D eigenvalue weighted by Crippen LogP contribution is 2.39. The van der Waals surface area contributed by atoms with Crippen LogP contribution in [-0.4, -0.2) is 68.8 Å². The fraction of sp³-hybridized carbons (Fsp3) is 0.250. The first-order valence-electron chi connectivity index (χ1n) is 17.7. The van der Waals surface area contributed by atoms with Crippen molar-refractivity contribution in [3.63, 3.8) is 0 Å². The molecule has 0 unspecified atom stereocenters. The summed E-state index contributed by atoms with van der Waals surface area (Å²) in [6.07, 6.45) is 1.63. The number of ketones is 2. The molecule has 0 fully saturated rings. The van der Waals surface area contributed by atoms with Gasteiger partial charge in [0.25, 0.3) is 0 Å². The van der Waals surface area contributed by atoms with Gasteiger partial charge in [0.1, 0.15) is 47.6 Å². The summed E-state index contributed by atoms with van der Waals surface area (Å²) in [6, 6.07) is 13.4. The standard InChI is InChI=1S/2C15H15ClF3N3O.C10H4Cl2O2/c2*1-2-7-23-9-14(22-6-5-20-10-22)21-13-4-3-11(16)8-12(13)15(17,18)19;11-7-8(12)10(14)6-4-2-1-3-5(6)9(7)13/h2*3-6,8,10H,2,7,9H2,1H3;1-4H. The summed E-state index contributed by atoms with van der Waals surface area (Å²) in [5, 5.41) is -0.392. The Labute approximate surface area is 360 Å². The van der Waals surface area contributed by atoms with Crippen LogP contribution in [-0.2, 0) is 21.8 Å². The summed E-state index contributed by atoms with van der Waals surface area (Å²) in [6.45, 7) is 5.00. The summed E-state index contributed by atoms with van der Waals surface area (Å²) in [5.74, 6) is -0.175. The molecule has 0 N–H and O–H groups in total. The Bertz CT molecular complexity index is 2170. The number of fused-ring (bicyclic) bond motifs is 1. The van der Waals surface area contributed by atoms with Gasteiger partial charge in [0, 0.05) is 59.2 Å². The molecule has 0 radical (unpaired) electrons. The van der Waals surface area contributed by atoms with E-state index < -0.39 is 35.0 Å². The van der Waals surface area contributed by atoms with Crippen molar-refractivity contribution in [2.75, 3.05) is 26.4 Å². The first-order valence-corrected chi connectivity index (χ1v) is 19.2. The van der Waals surface area contributed by atoms with Gasteiger partial charge in [-0.2, -0.15) is 26.3 Å². The van der Waals surface area contributed by atoms with Crippen LogP contribution in [0.4, 0.5) is 37.7 Å². The van der Waals surface area contributed by atoms with Crippen LogP contribution in [0, 0.1) is 0 Å². The fourth-order valence-electron chi connectivity index (χ4n) is 5.03. The van der Waals surface area contributed by atoms with Crippen molar-refractivity contribution in [2.24, 2.45) is 9.98 Å². The smallest absolute Gasteiger partial charge is 0.374 e. The van der Waals surface area contributed by atoms with E-state index >= 15 is 0 Å². The van der Waals surface area contributed by atoms with Gasteiger partial charge in [-0.05, 0) is 49.2 Å². The van der Waals surface area contributed by atoms with Gasteiger partial charge in [0.2, 0.25) is 11.6 Å².